The summed E-state index contributed by atoms with van der Waals surface area (Å²) < 4.78 is 20.5. The van der Waals surface area contributed by atoms with E-state index in [0.717, 1.165) is 65.6 Å². The van der Waals surface area contributed by atoms with Crippen molar-refractivity contribution in [3.63, 3.8) is 0 Å². The van der Waals surface area contributed by atoms with Gasteiger partial charge in [-0.05, 0) is 54.6 Å². The molecule has 0 N–H and O–H groups in total. The number of nitrogens with zero attached hydrogens (tertiary/aromatic N) is 4. The lowest BCUT2D eigenvalue weighted by Crippen LogP contribution is -2.25. The predicted molar refractivity (Wildman–Crippen MR) is 205 cm³/mol. The second-order valence-corrected chi connectivity index (χ2v) is 15.1. The van der Waals surface area contributed by atoms with Crippen molar-refractivity contribution in [2.45, 2.75) is 0 Å². The van der Waals surface area contributed by atoms with E-state index in [2.05, 4.69) is 68.6 Å². The minimum absolute atomic E-state index is 0.566. The van der Waals surface area contributed by atoms with Crippen LogP contribution in [-0.4, -0.2) is 9.13 Å². The van der Waals surface area contributed by atoms with E-state index in [-0.39, 0.29) is 0 Å². The highest BCUT2D eigenvalue weighted by molar-refractivity contribution is 7.85. The topological polar surface area (TPSA) is 55.1 Å². The van der Waals surface area contributed by atoms with Gasteiger partial charge < -0.3 is 13.7 Å². The molecule has 0 aliphatic heterocycles. The summed E-state index contributed by atoms with van der Waals surface area (Å²) in [5.74, 6) is 0. The lowest BCUT2D eigenvalue weighted by Gasteiger charge is -2.21. The molecule has 1 atom stereocenters. The maximum atomic E-state index is 16.1. The molecule has 0 fully saturated rings. The van der Waals surface area contributed by atoms with Crippen molar-refractivity contribution in [2.75, 3.05) is 0 Å². The highest BCUT2D eigenvalue weighted by Gasteiger charge is 2.32. The summed E-state index contributed by atoms with van der Waals surface area (Å²) in [6.45, 7) is 7.68. The highest BCUT2D eigenvalue weighted by Crippen LogP contribution is 2.45. The van der Waals surface area contributed by atoms with Crippen LogP contribution in [0.1, 0.15) is 5.56 Å². The summed E-state index contributed by atoms with van der Waals surface area (Å²) >= 11 is 0. The van der Waals surface area contributed by atoms with Crippen LogP contribution < -0.4 is 15.9 Å². The molecule has 1 unspecified atom stereocenters. The molecular weight excluding hydrogens is 631 g/mol. The zero-order valence-corrected chi connectivity index (χ0v) is 27.6. The molecular formula is C44H27N4OP. The van der Waals surface area contributed by atoms with Crippen molar-refractivity contribution in [2.24, 2.45) is 0 Å². The fraction of sp³-hybridized carbons (Fsp3) is 0. The van der Waals surface area contributed by atoms with Crippen molar-refractivity contribution in [3.8, 4) is 17.4 Å². The molecule has 7 aromatic carbocycles. The fourth-order valence-electron chi connectivity index (χ4n) is 7.33. The van der Waals surface area contributed by atoms with Crippen LogP contribution in [0.5, 0.6) is 0 Å². The molecule has 5 nitrogen and oxygen atoms in total. The minimum Gasteiger partial charge on any atom is -0.310 e. The Morgan fingerprint density at radius 3 is 1.44 bits per heavy atom. The van der Waals surface area contributed by atoms with E-state index in [1.165, 1.54) is 0 Å². The van der Waals surface area contributed by atoms with Crippen LogP contribution >= 0.6 is 7.14 Å². The molecule has 0 radical (unpaired) electrons. The molecule has 0 aliphatic carbocycles. The first kappa shape index (κ1) is 29.5. The monoisotopic (exact) mass is 658 g/mol. The Hall–Kier alpha value is -6.65. The number of benzene rings is 7. The van der Waals surface area contributed by atoms with Crippen molar-refractivity contribution in [3.05, 3.63) is 181 Å². The summed E-state index contributed by atoms with van der Waals surface area (Å²) in [7, 11) is -3.45. The Morgan fingerprint density at radius 1 is 0.500 bits per heavy atom. The number of fused-ring (bicyclic) bond motifs is 6. The summed E-state index contributed by atoms with van der Waals surface area (Å²) in [4.78, 5) is 3.72. The van der Waals surface area contributed by atoms with Gasteiger partial charge in [-0.15, -0.1) is 0 Å². The zero-order chi connectivity index (χ0) is 33.8. The van der Waals surface area contributed by atoms with Gasteiger partial charge in [-0.2, -0.15) is 5.26 Å². The van der Waals surface area contributed by atoms with Crippen molar-refractivity contribution in [1.82, 2.24) is 9.13 Å². The average molecular weight is 659 g/mol. The Labute approximate surface area is 288 Å². The third-order valence-corrected chi connectivity index (χ3v) is 12.7. The quantitative estimate of drug-likeness (QED) is 0.137. The average Bonchev–Trinajstić information content (AvgIpc) is 3.69. The van der Waals surface area contributed by atoms with Crippen LogP contribution in [0.3, 0.4) is 0 Å². The molecule has 50 heavy (non-hydrogen) atoms. The van der Waals surface area contributed by atoms with Crippen LogP contribution in [0.4, 0.5) is 5.69 Å². The standard InChI is InChI=1S/C44H27N4OP/c1-46-31-18-22-38-40-24-20-36(28-44(40)48(42(38)26-31)33-13-7-3-8-14-33)50(49,34-15-9-4-10-16-34)35-19-23-39-37-21-17-30(29-45)25-41(37)47(43(39)27-35)32-11-5-2-6-12-32/h2-28H. The molecule has 0 bridgehead atoms. The van der Waals surface area contributed by atoms with Crippen LogP contribution in [0.25, 0.3) is 59.8 Å². The van der Waals surface area contributed by atoms with Gasteiger partial charge >= 0.3 is 0 Å². The van der Waals surface area contributed by atoms with Crippen LogP contribution in [0, 0.1) is 17.9 Å². The number of nitriles is 1. The lowest BCUT2D eigenvalue weighted by atomic mass is 10.1. The van der Waals surface area contributed by atoms with Crippen molar-refractivity contribution >= 4 is 72.4 Å². The van der Waals surface area contributed by atoms with Gasteiger partial charge in [-0.1, -0.05) is 109 Å². The molecule has 0 saturated carbocycles. The first-order chi connectivity index (χ1) is 24.6. The Morgan fingerprint density at radius 2 is 0.940 bits per heavy atom. The predicted octanol–water partition coefficient (Wildman–Crippen LogP) is 9.94. The largest absolute Gasteiger partial charge is 0.310 e. The molecule has 2 aromatic heterocycles. The fourth-order valence-corrected chi connectivity index (χ4v) is 9.99. The van der Waals surface area contributed by atoms with E-state index in [4.69, 9.17) is 6.57 Å². The van der Waals surface area contributed by atoms with E-state index in [0.29, 0.717) is 16.6 Å². The first-order valence-electron chi connectivity index (χ1n) is 16.3. The van der Waals surface area contributed by atoms with Crippen molar-refractivity contribution < 1.29 is 4.57 Å². The van der Waals surface area contributed by atoms with Crippen LogP contribution in [0.2, 0.25) is 0 Å². The van der Waals surface area contributed by atoms with E-state index in [9.17, 15) is 5.26 Å². The summed E-state index contributed by atoms with van der Waals surface area (Å²) in [5.41, 5.74) is 6.76. The van der Waals surface area contributed by atoms with Gasteiger partial charge in [0.05, 0.1) is 34.8 Å². The Balaban J connectivity index is 1.36. The van der Waals surface area contributed by atoms with Gasteiger partial charge in [-0.3, -0.25) is 0 Å². The van der Waals surface area contributed by atoms with Crippen LogP contribution in [0.15, 0.2) is 164 Å². The van der Waals surface area contributed by atoms with Gasteiger partial charge in [0.2, 0.25) is 0 Å². The van der Waals surface area contributed by atoms with Gasteiger partial charge in [0, 0.05) is 54.3 Å². The number of hydrogen-bond acceptors (Lipinski definition) is 2. The Kier molecular flexibility index (Phi) is 6.78. The van der Waals surface area contributed by atoms with E-state index >= 15 is 4.57 Å². The van der Waals surface area contributed by atoms with Gasteiger partial charge in [-0.25, -0.2) is 4.85 Å². The minimum atomic E-state index is -3.45. The second kappa shape index (κ2) is 11.5. The first-order valence-corrected chi connectivity index (χ1v) is 18.0. The maximum Gasteiger partial charge on any atom is 0.189 e. The molecule has 2 heterocycles. The summed E-state index contributed by atoms with van der Waals surface area (Å²) in [6, 6.07) is 56.1. The van der Waals surface area contributed by atoms with Crippen LogP contribution in [-0.2, 0) is 4.57 Å². The second-order valence-electron chi connectivity index (χ2n) is 12.3. The summed E-state index contributed by atoms with van der Waals surface area (Å²) in [6.07, 6.45) is 0. The number of rotatable bonds is 5. The number of aromatic nitrogens is 2. The smallest absolute Gasteiger partial charge is 0.189 e. The molecule has 9 aromatic rings. The molecule has 234 valence electrons. The maximum absolute atomic E-state index is 16.1. The molecule has 0 saturated heterocycles. The normalized spacial score (nSPS) is 12.6. The number of hydrogen-bond donors (Lipinski definition) is 0. The third-order valence-electron chi connectivity index (χ3n) is 9.62. The molecule has 6 heteroatoms. The third kappa shape index (κ3) is 4.42. The van der Waals surface area contributed by atoms with Gasteiger partial charge in [0.25, 0.3) is 0 Å². The van der Waals surface area contributed by atoms with E-state index in [1.54, 1.807) is 0 Å². The van der Waals surface area contributed by atoms with Gasteiger partial charge in [0.1, 0.15) is 0 Å². The zero-order valence-electron chi connectivity index (χ0n) is 26.7. The van der Waals surface area contributed by atoms with E-state index in [1.807, 2.05) is 115 Å². The molecule has 9 rings (SSSR count). The SMILES string of the molecule is [C-]#[N+]c1ccc2c3ccc(P(=O)(c4ccccc4)c4ccc5c6ccc(C#N)cc6n(-c6ccccc6)c5c4)cc3n(-c3ccccc3)c2c1. The summed E-state index contributed by atoms with van der Waals surface area (Å²) in [5, 5.41) is 16.0. The Bertz CT molecular complexity index is 2730. The molecule has 0 spiro atoms. The highest BCUT2D eigenvalue weighted by atomic mass is 31.2. The molecule has 0 amide bonds. The number of para-hydroxylation sites is 2. The molecule has 0 aliphatic rings. The van der Waals surface area contributed by atoms with Gasteiger partial charge in [0.15, 0.2) is 12.8 Å². The lowest BCUT2D eigenvalue weighted by molar-refractivity contribution is 0.592. The van der Waals surface area contributed by atoms with E-state index < -0.39 is 7.14 Å². The van der Waals surface area contributed by atoms with Crippen molar-refractivity contribution in [1.29, 1.82) is 5.26 Å².